The molecule has 3 aromatic rings. The average molecular weight is 478 g/mol. The second-order valence-corrected chi connectivity index (χ2v) is 9.88. The van der Waals surface area contributed by atoms with E-state index in [0.717, 1.165) is 38.8 Å². The summed E-state index contributed by atoms with van der Waals surface area (Å²) in [6.07, 6.45) is 4.22. The van der Waals surface area contributed by atoms with E-state index in [4.69, 9.17) is 0 Å². The molecule has 0 saturated carbocycles. The van der Waals surface area contributed by atoms with Gasteiger partial charge in [0.15, 0.2) is 0 Å². The molecular weight excluding hydrogens is 450 g/mol. The van der Waals surface area contributed by atoms with Crippen molar-refractivity contribution in [3.05, 3.63) is 90.0 Å². The van der Waals surface area contributed by atoms with E-state index in [-0.39, 0.29) is 16.7 Å². The van der Waals surface area contributed by atoms with Crippen LogP contribution in [0.2, 0.25) is 0 Å². The maximum absolute atomic E-state index is 13.1. The summed E-state index contributed by atoms with van der Waals surface area (Å²) in [5, 5.41) is 2.83. The number of likely N-dealkylation sites (tertiary alicyclic amines) is 1. The summed E-state index contributed by atoms with van der Waals surface area (Å²) in [5.41, 5.74) is 1.61. The van der Waals surface area contributed by atoms with Crippen molar-refractivity contribution in [2.24, 2.45) is 0 Å². The van der Waals surface area contributed by atoms with E-state index in [9.17, 15) is 18.0 Å². The van der Waals surface area contributed by atoms with Gasteiger partial charge in [0.05, 0.1) is 16.1 Å². The molecule has 0 aliphatic carbocycles. The van der Waals surface area contributed by atoms with Gasteiger partial charge in [-0.15, -0.1) is 0 Å². The number of rotatable bonds is 6. The zero-order chi connectivity index (χ0) is 24.0. The normalized spacial score (nSPS) is 14.2. The number of para-hydroxylation sites is 1. The number of hydrogen-bond acceptors (Lipinski definition) is 4. The largest absolute Gasteiger partial charge is 0.339 e. The van der Waals surface area contributed by atoms with Gasteiger partial charge in [-0.05, 0) is 61.4 Å². The van der Waals surface area contributed by atoms with Crippen molar-refractivity contribution in [2.45, 2.75) is 30.6 Å². The van der Waals surface area contributed by atoms with Gasteiger partial charge in [-0.3, -0.25) is 14.3 Å². The Balaban J connectivity index is 1.46. The van der Waals surface area contributed by atoms with Crippen LogP contribution < -0.4 is 10.0 Å². The van der Waals surface area contributed by atoms with Crippen LogP contribution in [-0.4, -0.2) is 38.2 Å². The van der Waals surface area contributed by atoms with E-state index < -0.39 is 10.0 Å². The molecule has 1 aliphatic heterocycles. The Bertz CT molecular complexity index is 1250. The van der Waals surface area contributed by atoms with Crippen molar-refractivity contribution in [1.82, 2.24) is 4.90 Å². The molecule has 1 saturated heterocycles. The highest BCUT2D eigenvalue weighted by Crippen LogP contribution is 2.22. The molecule has 0 radical (unpaired) electrons. The first-order chi connectivity index (χ1) is 16.4. The van der Waals surface area contributed by atoms with E-state index in [1.165, 1.54) is 36.4 Å². The highest BCUT2D eigenvalue weighted by molar-refractivity contribution is 7.92. The molecule has 176 valence electrons. The molecule has 4 rings (SSSR count). The number of amides is 2. The van der Waals surface area contributed by atoms with Crippen LogP contribution in [0.3, 0.4) is 0 Å². The van der Waals surface area contributed by atoms with Crippen molar-refractivity contribution < 1.29 is 18.0 Å². The number of nitrogens with zero attached hydrogens (tertiary/aromatic N) is 1. The fraction of sp³-hybridized carbons (Fsp3) is 0.231. The van der Waals surface area contributed by atoms with Crippen LogP contribution in [0.1, 0.15) is 46.4 Å². The SMILES string of the molecule is O=C(Nc1ccccc1C(=O)N1CCCCCC1)c1ccc(NS(=O)(=O)c2ccccc2)cc1. The van der Waals surface area contributed by atoms with Crippen LogP contribution in [0.25, 0.3) is 0 Å². The minimum absolute atomic E-state index is 0.0801. The molecule has 7 nitrogen and oxygen atoms in total. The van der Waals surface area contributed by atoms with E-state index >= 15 is 0 Å². The summed E-state index contributed by atoms with van der Waals surface area (Å²) in [4.78, 5) is 28.0. The lowest BCUT2D eigenvalue weighted by Gasteiger charge is -2.22. The van der Waals surface area contributed by atoms with E-state index in [0.29, 0.717) is 22.5 Å². The summed E-state index contributed by atoms with van der Waals surface area (Å²) in [7, 11) is -3.72. The first-order valence-electron chi connectivity index (χ1n) is 11.3. The van der Waals surface area contributed by atoms with Crippen LogP contribution in [0.15, 0.2) is 83.8 Å². The van der Waals surface area contributed by atoms with Crippen molar-refractivity contribution in [2.75, 3.05) is 23.1 Å². The zero-order valence-corrected chi connectivity index (χ0v) is 19.6. The van der Waals surface area contributed by atoms with Gasteiger partial charge in [-0.25, -0.2) is 8.42 Å². The second-order valence-electron chi connectivity index (χ2n) is 8.20. The first-order valence-corrected chi connectivity index (χ1v) is 12.8. The average Bonchev–Trinajstić information content (AvgIpc) is 3.14. The molecule has 34 heavy (non-hydrogen) atoms. The molecule has 8 heteroatoms. The Kier molecular flexibility index (Phi) is 7.27. The highest BCUT2D eigenvalue weighted by Gasteiger charge is 2.21. The third kappa shape index (κ3) is 5.63. The lowest BCUT2D eigenvalue weighted by molar-refractivity contribution is 0.0762. The number of hydrogen-bond donors (Lipinski definition) is 2. The number of nitrogens with one attached hydrogen (secondary N) is 2. The first kappa shape index (κ1) is 23.5. The van der Waals surface area contributed by atoms with Gasteiger partial charge in [-0.1, -0.05) is 43.2 Å². The number of anilines is 2. The van der Waals surface area contributed by atoms with Crippen LogP contribution >= 0.6 is 0 Å². The number of sulfonamides is 1. The fourth-order valence-electron chi connectivity index (χ4n) is 3.92. The maximum atomic E-state index is 13.1. The zero-order valence-electron chi connectivity index (χ0n) is 18.7. The Morgan fingerprint density at radius 3 is 2.03 bits per heavy atom. The van der Waals surface area contributed by atoms with Gasteiger partial charge in [0.2, 0.25) is 0 Å². The lowest BCUT2D eigenvalue weighted by Crippen LogP contribution is -2.32. The summed E-state index contributed by atoms with van der Waals surface area (Å²) in [5.74, 6) is -0.461. The van der Waals surface area contributed by atoms with Crippen LogP contribution in [0.5, 0.6) is 0 Å². The molecule has 0 atom stereocenters. The second kappa shape index (κ2) is 10.5. The van der Waals surface area contributed by atoms with Crippen LogP contribution in [0.4, 0.5) is 11.4 Å². The molecule has 2 amide bonds. The van der Waals surface area contributed by atoms with E-state index in [1.807, 2.05) is 4.90 Å². The smallest absolute Gasteiger partial charge is 0.261 e. The Hall–Kier alpha value is -3.65. The van der Waals surface area contributed by atoms with Crippen molar-refractivity contribution in [1.29, 1.82) is 0 Å². The van der Waals surface area contributed by atoms with E-state index in [1.54, 1.807) is 42.5 Å². The summed E-state index contributed by atoms with van der Waals surface area (Å²) >= 11 is 0. The molecule has 0 unspecified atom stereocenters. The third-order valence-electron chi connectivity index (χ3n) is 5.75. The molecule has 0 spiro atoms. The van der Waals surface area contributed by atoms with Crippen LogP contribution in [-0.2, 0) is 10.0 Å². The monoisotopic (exact) mass is 477 g/mol. The topological polar surface area (TPSA) is 95.6 Å². The van der Waals surface area contributed by atoms with Gasteiger partial charge in [0, 0.05) is 24.3 Å². The number of benzene rings is 3. The van der Waals surface area contributed by atoms with Gasteiger partial charge in [0.1, 0.15) is 0 Å². The molecule has 2 N–H and O–H groups in total. The van der Waals surface area contributed by atoms with Crippen molar-refractivity contribution >= 4 is 33.2 Å². The summed E-state index contributed by atoms with van der Waals surface area (Å²) in [6, 6.07) is 21.2. The molecule has 0 bridgehead atoms. The molecule has 1 fully saturated rings. The molecule has 1 aliphatic rings. The van der Waals surface area contributed by atoms with Gasteiger partial charge < -0.3 is 10.2 Å². The molecular formula is C26H27N3O4S. The van der Waals surface area contributed by atoms with Crippen molar-refractivity contribution in [3.8, 4) is 0 Å². The van der Waals surface area contributed by atoms with E-state index in [2.05, 4.69) is 10.0 Å². The quantitative estimate of drug-likeness (QED) is 0.535. The predicted octanol–water partition coefficient (Wildman–Crippen LogP) is 4.76. The summed E-state index contributed by atoms with van der Waals surface area (Å²) < 4.78 is 27.5. The van der Waals surface area contributed by atoms with Gasteiger partial charge >= 0.3 is 0 Å². The van der Waals surface area contributed by atoms with Gasteiger partial charge in [-0.2, -0.15) is 0 Å². The third-order valence-corrected chi connectivity index (χ3v) is 7.15. The standard InChI is InChI=1S/C26H27N3O4S/c30-25(20-14-16-21(17-15-20)28-34(32,33)22-10-4-3-5-11-22)27-24-13-7-6-12-23(24)26(31)29-18-8-1-2-9-19-29/h3-7,10-17,28H,1-2,8-9,18-19H2,(H,27,30). The Morgan fingerprint density at radius 2 is 1.35 bits per heavy atom. The highest BCUT2D eigenvalue weighted by atomic mass is 32.2. The Labute approximate surface area is 199 Å². The fourth-order valence-corrected chi connectivity index (χ4v) is 5.00. The Morgan fingerprint density at radius 1 is 0.735 bits per heavy atom. The van der Waals surface area contributed by atoms with Crippen molar-refractivity contribution in [3.63, 3.8) is 0 Å². The number of carbonyl (C=O) groups is 2. The minimum atomic E-state index is -3.72. The minimum Gasteiger partial charge on any atom is -0.339 e. The molecule has 3 aromatic carbocycles. The molecule has 0 aromatic heterocycles. The predicted molar refractivity (Wildman–Crippen MR) is 132 cm³/mol. The lowest BCUT2D eigenvalue weighted by atomic mass is 10.1. The summed E-state index contributed by atoms with van der Waals surface area (Å²) in [6.45, 7) is 1.45. The van der Waals surface area contributed by atoms with Crippen LogP contribution in [0, 0.1) is 0 Å². The maximum Gasteiger partial charge on any atom is 0.261 e. The molecule has 1 heterocycles. The van der Waals surface area contributed by atoms with Gasteiger partial charge in [0.25, 0.3) is 21.8 Å². The number of carbonyl (C=O) groups excluding carboxylic acids is 2.